The van der Waals surface area contributed by atoms with Crippen molar-refractivity contribution in [2.75, 3.05) is 14.2 Å². The number of aromatic nitrogens is 1. The number of hydrogen-bond acceptors (Lipinski definition) is 4. The van der Waals surface area contributed by atoms with E-state index in [4.69, 9.17) is 9.26 Å². The Hall–Kier alpha value is -2.64. The molecule has 0 saturated heterocycles. The minimum atomic E-state index is -0.944. The summed E-state index contributed by atoms with van der Waals surface area (Å²) in [7, 11) is 2.99. The summed E-state index contributed by atoms with van der Waals surface area (Å²) in [4.78, 5) is 13.2. The fourth-order valence-corrected chi connectivity index (χ4v) is 1.75. The van der Waals surface area contributed by atoms with Crippen molar-refractivity contribution in [1.29, 1.82) is 0 Å². The van der Waals surface area contributed by atoms with Crippen molar-refractivity contribution in [2.45, 2.75) is 13.1 Å². The molecule has 0 aliphatic heterocycles. The van der Waals surface area contributed by atoms with Crippen molar-refractivity contribution in [3.05, 3.63) is 47.2 Å². The number of benzene rings is 1. The molecule has 1 aromatic carbocycles. The van der Waals surface area contributed by atoms with E-state index in [-0.39, 0.29) is 19.1 Å². The van der Waals surface area contributed by atoms with Crippen LogP contribution in [0.5, 0.6) is 5.88 Å². The highest BCUT2D eigenvalue weighted by Crippen LogP contribution is 2.12. The second-order valence-corrected chi connectivity index (χ2v) is 4.60. The van der Waals surface area contributed by atoms with Crippen LogP contribution in [0.25, 0.3) is 0 Å². The lowest BCUT2D eigenvalue weighted by Crippen LogP contribution is -2.36. The molecule has 2 aromatic rings. The van der Waals surface area contributed by atoms with Crippen molar-refractivity contribution in [3.8, 4) is 5.88 Å². The third-order valence-electron chi connectivity index (χ3n) is 2.91. The highest BCUT2D eigenvalue weighted by atomic mass is 19.2. The maximum atomic E-state index is 13.1. The summed E-state index contributed by atoms with van der Waals surface area (Å²) in [5.41, 5.74) is 0.484. The molecular formula is C14H15F2N3O3. The topological polar surface area (TPSA) is 67.6 Å². The van der Waals surface area contributed by atoms with Crippen LogP contribution in [-0.2, 0) is 13.1 Å². The average molecular weight is 311 g/mol. The quantitative estimate of drug-likeness (QED) is 0.920. The van der Waals surface area contributed by atoms with Gasteiger partial charge in [-0.25, -0.2) is 13.6 Å². The monoisotopic (exact) mass is 311 g/mol. The molecule has 1 N–H and O–H groups in total. The Morgan fingerprint density at radius 3 is 2.77 bits per heavy atom. The maximum absolute atomic E-state index is 13.1. The van der Waals surface area contributed by atoms with Gasteiger partial charge in [-0.1, -0.05) is 6.07 Å². The number of carbonyl (C=O) groups is 1. The third-order valence-corrected chi connectivity index (χ3v) is 2.91. The number of rotatable bonds is 5. The predicted octanol–water partition coefficient (Wildman–Crippen LogP) is 2.30. The van der Waals surface area contributed by atoms with Gasteiger partial charge in [0.05, 0.1) is 13.7 Å². The van der Waals surface area contributed by atoms with E-state index in [1.54, 1.807) is 6.07 Å². The molecule has 0 aliphatic carbocycles. The van der Waals surface area contributed by atoms with Crippen molar-refractivity contribution < 1.29 is 22.8 Å². The van der Waals surface area contributed by atoms with E-state index in [2.05, 4.69) is 10.5 Å². The highest BCUT2D eigenvalue weighted by Gasteiger charge is 2.12. The molecule has 0 spiro atoms. The lowest BCUT2D eigenvalue weighted by molar-refractivity contribution is 0.204. The summed E-state index contributed by atoms with van der Waals surface area (Å²) in [6.45, 7) is 0.278. The van der Waals surface area contributed by atoms with Gasteiger partial charge in [-0.2, -0.15) is 0 Å². The van der Waals surface area contributed by atoms with Gasteiger partial charge in [-0.05, 0) is 22.9 Å². The van der Waals surface area contributed by atoms with Crippen LogP contribution in [0.15, 0.2) is 28.8 Å². The predicted molar refractivity (Wildman–Crippen MR) is 73.1 cm³/mol. The van der Waals surface area contributed by atoms with E-state index in [9.17, 15) is 13.6 Å². The fraction of sp³-hybridized carbons (Fsp3) is 0.286. The van der Waals surface area contributed by atoms with Gasteiger partial charge in [0.25, 0.3) is 5.88 Å². The first kappa shape index (κ1) is 15.7. The molecule has 118 valence electrons. The molecule has 0 aliphatic rings. The zero-order chi connectivity index (χ0) is 16.1. The number of ether oxygens (including phenoxy) is 1. The van der Waals surface area contributed by atoms with E-state index in [1.165, 1.54) is 25.1 Å². The Morgan fingerprint density at radius 2 is 2.14 bits per heavy atom. The molecule has 22 heavy (non-hydrogen) atoms. The Bertz CT molecular complexity index is 661. The normalized spacial score (nSPS) is 10.4. The first-order chi connectivity index (χ1) is 10.5. The number of hydrogen-bond donors (Lipinski definition) is 1. The molecule has 0 radical (unpaired) electrons. The molecule has 6 nitrogen and oxygen atoms in total. The van der Waals surface area contributed by atoms with Crippen LogP contribution >= 0.6 is 0 Å². The smallest absolute Gasteiger partial charge is 0.317 e. The summed E-state index contributed by atoms with van der Waals surface area (Å²) in [6.07, 6.45) is 0. The summed E-state index contributed by atoms with van der Waals surface area (Å²) in [5, 5.41) is 6.22. The molecule has 0 unspecified atom stereocenters. The van der Waals surface area contributed by atoms with E-state index in [0.29, 0.717) is 17.2 Å². The van der Waals surface area contributed by atoms with Gasteiger partial charge in [0, 0.05) is 19.7 Å². The number of methoxy groups -OCH3 is 1. The third kappa shape index (κ3) is 3.94. The molecule has 8 heteroatoms. The Balaban J connectivity index is 1.87. The van der Waals surface area contributed by atoms with Crippen LogP contribution in [-0.4, -0.2) is 30.2 Å². The van der Waals surface area contributed by atoms with Crippen LogP contribution in [0.4, 0.5) is 13.6 Å². The number of halogens is 2. The minimum absolute atomic E-state index is 0.136. The van der Waals surface area contributed by atoms with Gasteiger partial charge in [0.1, 0.15) is 0 Å². The van der Waals surface area contributed by atoms with Gasteiger partial charge in [-0.15, -0.1) is 0 Å². The summed E-state index contributed by atoms with van der Waals surface area (Å²) in [5.74, 6) is -1.11. The van der Waals surface area contributed by atoms with E-state index in [0.717, 1.165) is 12.1 Å². The Labute approximate surface area is 125 Å². The average Bonchev–Trinajstić information content (AvgIpc) is 2.96. The fourth-order valence-electron chi connectivity index (χ4n) is 1.75. The lowest BCUT2D eigenvalue weighted by atomic mass is 10.2. The molecule has 1 heterocycles. The molecule has 0 bridgehead atoms. The number of amides is 2. The van der Waals surface area contributed by atoms with Crippen LogP contribution in [0.1, 0.15) is 11.3 Å². The summed E-state index contributed by atoms with van der Waals surface area (Å²) >= 11 is 0. The van der Waals surface area contributed by atoms with Gasteiger partial charge in [0.2, 0.25) is 0 Å². The molecular weight excluding hydrogens is 296 g/mol. The molecule has 0 fully saturated rings. The second-order valence-electron chi connectivity index (χ2n) is 4.60. The van der Waals surface area contributed by atoms with Crippen LogP contribution in [0.2, 0.25) is 0 Å². The number of urea groups is 1. The number of nitrogens with zero attached hydrogens (tertiary/aromatic N) is 2. The maximum Gasteiger partial charge on any atom is 0.317 e. The largest absolute Gasteiger partial charge is 0.479 e. The number of carbonyl (C=O) groups excluding carboxylic acids is 1. The second kappa shape index (κ2) is 6.88. The first-order valence-corrected chi connectivity index (χ1v) is 6.42. The molecule has 0 atom stereocenters. The lowest BCUT2D eigenvalue weighted by Gasteiger charge is -2.17. The standard InChI is InChI=1S/C14H15F2N3O3/c1-19(8-9-3-4-11(15)12(16)5-9)14(20)17-7-10-6-13(21-2)18-22-10/h3-6H,7-8H2,1-2H3,(H,17,20). The van der Waals surface area contributed by atoms with Crippen LogP contribution in [0.3, 0.4) is 0 Å². The van der Waals surface area contributed by atoms with Crippen molar-refractivity contribution in [2.24, 2.45) is 0 Å². The van der Waals surface area contributed by atoms with E-state index >= 15 is 0 Å². The number of nitrogens with one attached hydrogen (secondary N) is 1. The first-order valence-electron chi connectivity index (χ1n) is 6.42. The highest BCUT2D eigenvalue weighted by molar-refractivity contribution is 5.73. The summed E-state index contributed by atoms with van der Waals surface area (Å²) < 4.78 is 35.7. The molecule has 2 rings (SSSR count). The van der Waals surface area contributed by atoms with Gasteiger partial charge < -0.3 is 19.5 Å². The molecule has 1 aromatic heterocycles. The Kier molecular flexibility index (Phi) is 4.92. The molecule has 0 saturated carbocycles. The van der Waals surface area contributed by atoms with Crippen LogP contribution < -0.4 is 10.1 Å². The van der Waals surface area contributed by atoms with E-state index in [1.807, 2.05) is 0 Å². The van der Waals surface area contributed by atoms with Crippen molar-refractivity contribution in [1.82, 2.24) is 15.4 Å². The van der Waals surface area contributed by atoms with E-state index < -0.39 is 11.6 Å². The zero-order valence-corrected chi connectivity index (χ0v) is 12.1. The minimum Gasteiger partial charge on any atom is -0.479 e. The van der Waals surface area contributed by atoms with Gasteiger partial charge in [0.15, 0.2) is 17.4 Å². The Morgan fingerprint density at radius 1 is 1.36 bits per heavy atom. The van der Waals surface area contributed by atoms with Gasteiger partial charge in [-0.3, -0.25) is 0 Å². The zero-order valence-electron chi connectivity index (χ0n) is 12.1. The van der Waals surface area contributed by atoms with Crippen molar-refractivity contribution in [3.63, 3.8) is 0 Å². The SMILES string of the molecule is COc1cc(CNC(=O)N(C)Cc2ccc(F)c(F)c2)on1. The summed E-state index contributed by atoms with van der Waals surface area (Å²) in [6, 6.07) is 4.66. The van der Waals surface area contributed by atoms with Crippen molar-refractivity contribution >= 4 is 6.03 Å². The van der Waals surface area contributed by atoms with Crippen LogP contribution in [0, 0.1) is 11.6 Å². The van der Waals surface area contributed by atoms with Gasteiger partial charge >= 0.3 is 6.03 Å². The molecule has 2 amide bonds.